The number of anilines is 1. The molecule has 1 atom stereocenters. The van der Waals surface area contributed by atoms with Crippen LogP contribution in [0.15, 0.2) is 29.3 Å². The number of aryl methyl sites for hydroxylation is 1. The molecule has 0 aromatic heterocycles. The van der Waals surface area contributed by atoms with Crippen LogP contribution in [0, 0.1) is 0 Å². The molecule has 0 bridgehead atoms. The predicted octanol–water partition coefficient (Wildman–Crippen LogP) is 4.24. The molecule has 0 saturated carbocycles. The summed E-state index contributed by atoms with van der Waals surface area (Å²) in [5.74, 6) is 0.375. The average molecular weight is 476 g/mol. The van der Waals surface area contributed by atoms with E-state index < -0.39 is 5.60 Å². The van der Waals surface area contributed by atoms with Crippen molar-refractivity contribution < 1.29 is 9.53 Å². The molecule has 0 aliphatic heterocycles. The van der Waals surface area contributed by atoms with Gasteiger partial charge in [-0.25, -0.2) is 4.79 Å². The number of ether oxygens (including phenoxy) is 1. The number of carbonyl (C=O) groups excluding carboxylic acids is 1. The van der Waals surface area contributed by atoms with E-state index in [-0.39, 0.29) is 36.1 Å². The van der Waals surface area contributed by atoms with Gasteiger partial charge in [-0.3, -0.25) is 4.99 Å². The smallest absolute Gasteiger partial charge is 0.410 e. The van der Waals surface area contributed by atoms with Crippen molar-refractivity contribution in [2.75, 3.05) is 18.9 Å². The van der Waals surface area contributed by atoms with Gasteiger partial charge in [-0.1, -0.05) is 19.1 Å². The number of nitrogens with two attached hydrogens (primary N) is 1. The second-order valence-electron chi connectivity index (χ2n) is 7.17. The molecule has 0 aliphatic carbocycles. The lowest BCUT2D eigenvalue weighted by Crippen LogP contribution is -2.39. The van der Waals surface area contributed by atoms with E-state index in [9.17, 15) is 4.79 Å². The summed E-state index contributed by atoms with van der Waals surface area (Å²) < 4.78 is 5.36. The fraction of sp³-hybridized carbons (Fsp3) is 0.579. The quantitative estimate of drug-likeness (QED) is 0.366. The Bertz CT molecular complexity index is 599. The highest BCUT2D eigenvalue weighted by atomic mass is 127. The fourth-order valence-corrected chi connectivity index (χ4v) is 2.14. The average Bonchev–Trinajstić information content (AvgIpc) is 2.52. The molecular weight excluding hydrogens is 443 g/mol. The van der Waals surface area contributed by atoms with Gasteiger partial charge in [0.1, 0.15) is 5.60 Å². The molecule has 0 spiro atoms. The minimum atomic E-state index is -0.495. The number of nitrogens with zero attached hydrogens (tertiary/aromatic N) is 2. The Kier molecular flexibility index (Phi) is 10.6. The van der Waals surface area contributed by atoms with Gasteiger partial charge in [0.15, 0.2) is 5.96 Å². The molecule has 6 nitrogen and oxygen atoms in total. The molecule has 1 amide bonds. The van der Waals surface area contributed by atoms with E-state index in [1.165, 1.54) is 5.56 Å². The number of carbonyl (C=O) groups is 1. The first-order chi connectivity index (χ1) is 11.6. The number of nitrogens with one attached hydrogen (secondary N) is 1. The third-order valence-electron chi connectivity index (χ3n) is 3.78. The van der Waals surface area contributed by atoms with E-state index in [0.717, 1.165) is 12.1 Å². The van der Waals surface area contributed by atoms with Gasteiger partial charge in [0.05, 0.1) is 0 Å². The van der Waals surface area contributed by atoms with E-state index >= 15 is 0 Å². The zero-order valence-electron chi connectivity index (χ0n) is 16.7. The van der Waals surface area contributed by atoms with Gasteiger partial charge in [-0.15, -0.1) is 24.0 Å². The Hall–Kier alpha value is -1.51. The van der Waals surface area contributed by atoms with E-state index in [1.807, 2.05) is 39.8 Å². The third kappa shape index (κ3) is 9.26. The highest BCUT2D eigenvalue weighted by Gasteiger charge is 2.22. The van der Waals surface area contributed by atoms with Crippen LogP contribution in [0.25, 0.3) is 0 Å². The summed E-state index contributed by atoms with van der Waals surface area (Å²) in [7, 11) is 1.74. The van der Waals surface area contributed by atoms with Gasteiger partial charge >= 0.3 is 6.09 Å². The predicted molar refractivity (Wildman–Crippen MR) is 119 cm³/mol. The molecule has 7 heteroatoms. The highest BCUT2D eigenvalue weighted by molar-refractivity contribution is 14.0. The first kappa shape index (κ1) is 24.5. The standard InChI is InChI=1S/C19H32N4O2.HI/c1-7-15-9-8-10-16(13-15)22-17(20)21-12-11-14(2)23(6)18(24)25-19(3,4)5;/h8-10,13-14H,7,11-12H2,1-6H3,(H3,20,21,22);1H. The van der Waals surface area contributed by atoms with Gasteiger partial charge in [-0.2, -0.15) is 0 Å². The number of guanidine groups is 1. The van der Waals surface area contributed by atoms with E-state index in [4.69, 9.17) is 10.5 Å². The second kappa shape index (κ2) is 11.3. The maximum absolute atomic E-state index is 12.0. The molecule has 0 radical (unpaired) electrons. The molecular formula is C19H33IN4O2. The SMILES string of the molecule is CCc1cccc(NC(N)=NCCC(C)N(C)C(=O)OC(C)(C)C)c1.I. The van der Waals surface area contributed by atoms with Gasteiger partial charge in [-0.05, 0) is 58.2 Å². The summed E-state index contributed by atoms with van der Waals surface area (Å²) in [6.07, 6.45) is 1.35. The number of amides is 1. The van der Waals surface area contributed by atoms with Crippen molar-refractivity contribution in [3.05, 3.63) is 29.8 Å². The van der Waals surface area contributed by atoms with Crippen LogP contribution in [0.2, 0.25) is 0 Å². The third-order valence-corrected chi connectivity index (χ3v) is 3.78. The summed E-state index contributed by atoms with van der Waals surface area (Å²) in [6.45, 7) is 10.2. The summed E-state index contributed by atoms with van der Waals surface area (Å²) in [5.41, 5.74) is 7.61. The largest absolute Gasteiger partial charge is 0.444 e. The lowest BCUT2D eigenvalue weighted by Gasteiger charge is -2.28. The van der Waals surface area contributed by atoms with E-state index in [2.05, 4.69) is 29.4 Å². The summed E-state index contributed by atoms with van der Waals surface area (Å²) in [4.78, 5) is 18.0. The summed E-state index contributed by atoms with van der Waals surface area (Å²) in [6, 6.07) is 8.09. The van der Waals surface area contributed by atoms with Crippen molar-refractivity contribution in [1.82, 2.24) is 4.90 Å². The van der Waals surface area contributed by atoms with Gasteiger partial charge in [0.2, 0.25) is 0 Å². The molecule has 26 heavy (non-hydrogen) atoms. The molecule has 0 aliphatic rings. The number of halogens is 1. The maximum atomic E-state index is 12.0. The van der Waals surface area contributed by atoms with Gasteiger partial charge in [0, 0.05) is 25.3 Å². The van der Waals surface area contributed by atoms with Crippen molar-refractivity contribution in [1.29, 1.82) is 0 Å². The number of hydrogen-bond donors (Lipinski definition) is 2. The van der Waals surface area contributed by atoms with Crippen LogP contribution in [0.1, 0.15) is 46.6 Å². The summed E-state index contributed by atoms with van der Waals surface area (Å²) in [5, 5.41) is 3.10. The molecule has 1 rings (SSSR count). The van der Waals surface area contributed by atoms with Crippen molar-refractivity contribution >= 4 is 41.7 Å². The van der Waals surface area contributed by atoms with Gasteiger partial charge < -0.3 is 20.7 Å². The second-order valence-corrected chi connectivity index (χ2v) is 7.17. The zero-order valence-corrected chi connectivity index (χ0v) is 19.0. The van der Waals surface area contributed by atoms with Crippen LogP contribution >= 0.6 is 24.0 Å². The van der Waals surface area contributed by atoms with Crippen molar-refractivity contribution in [3.8, 4) is 0 Å². The molecule has 3 N–H and O–H groups in total. The topological polar surface area (TPSA) is 80.0 Å². The molecule has 1 unspecified atom stereocenters. The first-order valence-corrected chi connectivity index (χ1v) is 8.74. The summed E-state index contributed by atoms with van der Waals surface area (Å²) >= 11 is 0. The van der Waals surface area contributed by atoms with E-state index in [0.29, 0.717) is 18.9 Å². The zero-order chi connectivity index (χ0) is 19.0. The van der Waals surface area contributed by atoms with Crippen molar-refractivity contribution in [2.24, 2.45) is 10.7 Å². The van der Waals surface area contributed by atoms with Crippen LogP contribution < -0.4 is 11.1 Å². The highest BCUT2D eigenvalue weighted by Crippen LogP contribution is 2.12. The minimum Gasteiger partial charge on any atom is -0.444 e. The Morgan fingerprint density at radius 2 is 2.04 bits per heavy atom. The molecule has 0 heterocycles. The van der Waals surface area contributed by atoms with Crippen LogP contribution in [0.3, 0.4) is 0 Å². The minimum absolute atomic E-state index is 0. The lowest BCUT2D eigenvalue weighted by atomic mass is 10.1. The monoisotopic (exact) mass is 476 g/mol. The Balaban J connectivity index is 0.00000625. The van der Waals surface area contributed by atoms with Crippen LogP contribution in [-0.4, -0.2) is 42.2 Å². The van der Waals surface area contributed by atoms with E-state index in [1.54, 1.807) is 11.9 Å². The van der Waals surface area contributed by atoms with Crippen LogP contribution in [0.4, 0.5) is 10.5 Å². The number of aliphatic imine (C=N–C) groups is 1. The number of hydrogen-bond acceptors (Lipinski definition) is 3. The lowest BCUT2D eigenvalue weighted by molar-refractivity contribution is 0.0231. The maximum Gasteiger partial charge on any atom is 0.410 e. The van der Waals surface area contributed by atoms with Crippen LogP contribution in [-0.2, 0) is 11.2 Å². The Morgan fingerprint density at radius 1 is 1.38 bits per heavy atom. The molecule has 0 saturated heterocycles. The van der Waals surface area contributed by atoms with Crippen molar-refractivity contribution in [2.45, 2.75) is 59.1 Å². The van der Waals surface area contributed by atoms with Crippen LogP contribution in [0.5, 0.6) is 0 Å². The van der Waals surface area contributed by atoms with Crippen molar-refractivity contribution in [3.63, 3.8) is 0 Å². The van der Waals surface area contributed by atoms with Gasteiger partial charge in [0.25, 0.3) is 0 Å². The molecule has 0 fully saturated rings. The fourth-order valence-electron chi connectivity index (χ4n) is 2.14. The first-order valence-electron chi connectivity index (χ1n) is 8.74. The Labute approximate surface area is 174 Å². The molecule has 1 aromatic carbocycles. The molecule has 1 aromatic rings. The number of benzene rings is 1. The Morgan fingerprint density at radius 3 is 2.62 bits per heavy atom. The number of rotatable bonds is 6. The molecule has 148 valence electrons. The normalized spacial score (nSPS) is 12.8.